The molecule has 0 N–H and O–H groups in total. The Morgan fingerprint density at radius 3 is 1.22 bits per heavy atom. The van der Waals surface area contributed by atoms with Gasteiger partial charge in [0, 0.05) is 0 Å². The minimum Gasteiger partial charge on any atom is -0.0622 e. The Labute approximate surface area is 564 Å². The van der Waals surface area contributed by atoms with Crippen LogP contribution in [0.3, 0.4) is 0 Å². The third-order valence-electron chi connectivity index (χ3n) is 16.9. The van der Waals surface area contributed by atoms with Gasteiger partial charge in [-0.25, -0.2) is 0 Å². The molecule has 19 aromatic carbocycles. The van der Waals surface area contributed by atoms with E-state index in [0.29, 0.717) is 0 Å². The Bertz CT molecular complexity index is 7620. The number of hydrogen-bond acceptors (Lipinski definition) is 0. The van der Waals surface area contributed by atoms with Crippen molar-refractivity contribution in [1.82, 2.24) is 0 Å². The van der Waals surface area contributed by atoms with Crippen LogP contribution in [0.4, 0.5) is 0 Å². The molecule has 19 aromatic rings. The molecule has 0 heteroatoms. The van der Waals surface area contributed by atoms with Crippen LogP contribution in [0.25, 0.3) is 186 Å². The summed E-state index contributed by atoms with van der Waals surface area (Å²) in [6, 6.07) is 28.6. The van der Waals surface area contributed by atoms with Crippen LogP contribution in [0.1, 0.15) is 41.1 Å². The van der Waals surface area contributed by atoms with Crippen LogP contribution >= 0.6 is 0 Å². The molecule has 0 aliphatic carbocycles. The molecule has 0 atom stereocenters. The molecular formula is C90H56. The first-order valence-corrected chi connectivity index (χ1v) is 28.8. The smallest absolute Gasteiger partial charge is 0.0622 e. The highest BCUT2D eigenvalue weighted by atomic mass is 14.2. The Kier molecular flexibility index (Phi) is 6.96. The molecule has 0 nitrogen and oxygen atoms in total. The first kappa shape index (κ1) is 29.8. The first-order valence-electron chi connectivity index (χ1n) is 43.8. The lowest BCUT2D eigenvalue weighted by atomic mass is 9.83. The summed E-state index contributed by atoms with van der Waals surface area (Å²) < 4.78 is 270. The monoisotopic (exact) mass is 1170 g/mol. The fourth-order valence-corrected chi connectivity index (χ4v) is 12.9. The lowest BCUT2D eigenvalue weighted by molar-refractivity contribution is 1.60. The van der Waals surface area contributed by atoms with Crippen LogP contribution in [-0.2, 0) is 0 Å². The first-order chi connectivity index (χ1) is 57.1. The van der Waals surface area contributed by atoms with Crippen LogP contribution in [0, 0.1) is 0 Å². The molecule has 19 rings (SSSR count). The number of hydrogen-bond donors (Lipinski definition) is 0. The number of benzene rings is 19. The van der Waals surface area contributed by atoms with Crippen molar-refractivity contribution >= 4 is 108 Å². The molecule has 0 heterocycles. The molecule has 0 amide bonds. The molecule has 0 saturated carbocycles. The molecule has 0 fully saturated rings. The van der Waals surface area contributed by atoms with Crippen molar-refractivity contribution in [1.29, 1.82) is 0 Å². The van der Waals surface area contributed by atoms with E-state index in [1.807, 2.05) is 0 Å². The normalized spacial score (nSPS) is 16.4. The molecule has 0 unspecified atom stereocenters. The maximum Gasteiger partial charge on any atom is 0.0636 e. The van der Waals surface area contributed by atoms with Crippen molar-refractivity contribution in [2.45, 2.75) is 0 Å². The summed E-state index contributed by atoms with van der Waals surface area (Å²) in [5, 5.41) is 9.82. The van der Waals surface area contributed by atoms with Gasteiger partial charge in [-0.3, -0.25) is 0 Å². The summed E-state index contributed by atoms with van der Waals surface area (Å²) in [6.07, 6.45) is 0. The van der Waals surface area contributed by atoms with E-state index in [1.165, 1.54) is 98.0 Å². The summed E-state index contributed by atoms with van der Waals surface area (Å²) in [7, 11) is 0. The third-order valence-corrected chi connectivity index (χ3v) is 16.9. The van der Waals surface area contributed by atoms with E-state index in [-0.39, 0.29) is 0 Å². The predicted molar refractivity (Wildman–Crippen MR) is 388 cm³/mol. The SMILES string of the molecule is [2H]c1c([2H])c([2H])c(-c2c([2H])c([2H])c3c(-c4c([2H])c([2H])c(-c5c([2H])c([2H])c6c([2H])c([2H])c([2H])c([2H])c6c5[2H])c([2H])c4[2H])c4c([2H])c([2H])c([2H])c([2H])c4c(-c4c([2H])c([2H])c([2H])c5c([2H])c([2H])c([2H])c([2H])c45)c3c2[2H])c([2H])c1[2H].c1cc(-c2cccc(-c3ccc4ccc5cccc6ccc3c4c56)c2)cc(-c2ccc3ccc4cccc5ccc2c3c45)c1. The molecule has 0 aliphatic heterocycles. The fourth-order valence-electron chi connectivity index (χ4n) is 12.9. The van der Waals surface area contributed by atoms with Gasteiger partial charge in [0.25, 0.3) is 0 Å². The van der Waals surface area contributed by atoms with Crippen molar-refractivity contribution in [3.05, 3.63) is 339 Å². The van der Waals surface area contributed by atoms with E-state index in [4.69, 9.17) is 27.4 Å². The van der Waals surface area contributed by atoms with Crippen LogP contribution in [-0.4, -0.2) is 0 Å². The van der Waals surface area contributed by atoms with Gasteiger partial charge in [0.15, 0.2) is 0 Å². The van der Waals surface area contributed by atoms with Crippen LogP contribution in [0.5, 0.6) is 0 Å². The topological polar surface area (TPSA) is 0 Å². The quantitative estimate of drug-likeness (QED) is 0.110. The van der Waals surface area contributed by atoms with E-state index in [0.717, 1.165) is 0 Å². The highest BCUT2D eigenvalue weighted by molar-refractivity contribution is 6.28. The molecule has 90 heavy (non-hydrogen) atoms. The number of rotatable bonds is 7. The molecule has 0 saturated heterocycles. The lowest BCUT2D eigenvalue weighted by Crippen LogP contribution is -1.92. The maximum absolute atomic E-state index is 10.0. The van der Waals surface area contributed by atoms with Crippen molar-refractivity contribution in [2.75, 3.05) is 0 Å². The molecule has 0 radical (unpaired) electrons. The second kappa shape index (κ2) is 21.0. The van der Waals surface area contributed by atoms with Gasteiger partial charge in [-0.05, 0) is 210 Å². The highest BCUT2D eigenvalue weighted by Crippen LogP contribution is 2.48. The summed E-state index contributed by atoms with van der Waals surface area (Å²) in [5.41, 5.74) is 0.568. The van der Waals surface area contributed by atoms with E-state index in [9.17, 15) is 13.7 Å². The van der Waals surface area contributed by atoms with E-state index in [2.05, 4.69) is 158 Å². The lowest BCUT2D eigenvalue weighted by Gasteiger charge is -2.20. The van der Waals surface area contributed by atoms with Gasteiger partial charge in [0.2, 0.25) is 0 Å². The molecular weight excluding hydrogens is 1080 g/mol. The Balaban J connectivity index is 0.000000188. The Morgan fingerprint density at radius 2 is 0.600 bits per heavy atom. The zero-order chi connectivity index (χ0) is 85.3. The third kappa shape index (κ3) is 8.52. The van der Waals surface area contributed by atoms with Crippen LogP contribution < -0.4 is 0 Å². The van der Waals surface area contributed by atoms with E-state index < -0.39 is 269 Å². The fraction of sp³-hybridized carbons (Fsp3) is 0. The largest absolute Gasteiger partial charge is 0.0636 e. The van der Waals surface area contributed by atoms with Gasteiger partial charge in [-0.2, -0.15) is 0 Å². The predicted octanol–water partition coefficient (Wildman–Crippen LogP) is 25.4. The Hall–Kier alpha value is -11.7. The van der Waals surface area contributed by atoms with Gasteiger partial charge < -0.3 is 0 Å². The van der Waals surface area contributed by atoms with E-state index >= 15 is 0 Å². The maximum atomic E-state index is 10.0. The summed E-state index contributed by atoms with van der Waals surface area (Å²) in [5.74, 6) is 0. The Morgan fingerprint density at radius 1 is 0.178 bits per heavy atom. The second-order valence-electron chi connectivity index (χ2n) is 21.8. The summed E-state index contributed by atoms with van der Waals surface area (Å²) >= 11 is 0. The van der Waals surface area contributed by atoms with Gasteiger partial charge in [-0.15, -0.1) is 0 Å². The van der Waals surface area contributed by atoms with Crippen molar-refractivity contribution < 1.29 is 41.1 Å². The average molecular weight is 1170 g/mol. The minimum atomic E-state index is -1.17. The zero-order valence-corrected chi connectivity index (χ0v) is 47.0. The van der Waals surface area contributed by atoms with Crippen molar-refractivity contribution in [3.8, 4) is 77.9 Å². The van der Waals surface area contributed by atoms with Crippen LogP contribution in [0.2, 0.25) is 0 Å². The average Bonchev–Trinajstić information content (AvgIpc) is 0.680. The second-order valence-corrected chi connectivity index (χ2v) is 21.8. The van der Waals surface area contributed by atoms with Gasteiger partial charge >= 0.3 is 0 Å². The molecule has 0 bridgehead atoms. The molecule has 0 spiro atoms. The molecule has 0 aliphatic rings. The number of fused-ring (bicyclic) bond motifs is 4. The van der Waals surface area contributed by atoms with Crippen molar-refractivity contribution in [2.24, 2.45) is 0 Å². The van der Waals surface area contributed by atoms with Gasteiger partial charge in [0.05, 0.1) is 41.1 Å². The van der Waals surface area contributed by atoms with Crippen molar-refractivity contribution in [3.63, 3.8) is 0 Å². The summed E-state index contributed by atoms with van der Waals surface area (Å²) in [4.78, 5) is 0. The minimum absolute atomic E-state index is 0.568. The molecule has 416 valence electrons. The summed E-state index contributed by atoms with van der Waals surface area (Å²) in [6.45, 7) is 0. The van der Waals surface area contributed by atoms with Gasteiger partial charge in [0.1, 0.15) is 0 Å². The molecule has 0 aromatic heterocycles. The van der Waals surface area contributed by atoms with Gasteiger partial charge in [-0.1, -0.05) is 315 Å². The highest BCUT2D eigenvalue weighted by Gasteiger charge is 2.20. The van der Waals surface area contributed by atoms with Crippen LogP contribution in [0.15, 0.2) is 339 Å². The zero-order valence-electron chi connectivity index (χ0n) is 77.0. The van der Waals surface area contributed by atoms with E-state index in [1.54, 1.807) is 0 Å². The standard InChI is InChI=1S/C46H30.C44H26/c1-2-11-31(12-3-1)38-27-28-43-44(30-38)46(40-20-10-16-34-14-6-7-17-39(34)40)42-19-9-8-18-41(42)45(43)35-24-21-33(22-25-35)37-26-23-32-13-4-5-15-36(32)29-37;1-5-27-13-15-31-17-21-37(39-23-19-29(7-1)41(27)43(31)39)35-11-3-9-33(25-35)34-10-4-12-36(26-34)38-22-18-32-16-14-28-6-2-8-30-20-24-40(38)44(32)42(28)30/h1-30H;1-26H/i1D,2D,3D,4D,5D,6D,7D,8D,9D,10D,11D,12D,13D,14D,15D,16D,17D,18D,19D,20D,21D,22D,23D,24D,25D,26D,27D,28D,29D,30D;.